The topological polar surface area (TPSA) is 46.2 Å². The first kappa shape index (κ1) is 15.5. The van der Waals surface area contributed by atoms with Crippen LogP contribution in [-0.4, -0.2) is 5.11 Å². The van der Waals surface area contributed by atoms with Gasteiger partial charge in [-0.15, -0.1) is 12.4 Å². The Hall–Kier alpha value is 0.430. The Morgan fingerprint density at radius 1 is 1.29 bits per heavy atom. The van der Waals surface area contributed by atoms with Crippen LogP contribution in [0.5, 0.6) is 5.75 Å². The zero-order valence-corrected chi connectivity index (χ0v) is 14.5. The van der Waals surface area contributed by atoms with Gasteiger partial charge in [0, 0.05) is 9.13 Å². The molecule has 2 nitrogen and oxygen atoms in total. The number of rotatable bonds is 2. The van der Waals surface area contributed by atoms with Gasteiger partial charge in [0.05, 0.1) is 9.61 Å². The molecular weight excluding hydrogens is 483 g/mol. The van der Waals surface area contributed by atoms with Crippen LogP contribution < -0.4 is 5.73 Å². The molecule has 0 aliphatic heterocycles. The lowest BCUT2D eigenvalue weighted by atomic mass is 10.0. The number of thiophene rings is 1. The highest BCUT2D eigenvalue weighted by molar-refractivity contribution is 14.1. The summed E-state index contributed by atoms with van der Waals surface area (Å²) >= 11 is 5.96. The molecule has 1 atom stereocenters. The summed E-state index contributed by atoms with van der Waals surface area (Å²) in [5.74, 6) is 0.291. The third-order valence-corrected chi connectivity index (χ3v) is 4.44. The average Bonchev–Trinajstić information content (AvgIpc) is 2.75. The van der Waals surface area contributed by atoms with E-state index in [0.717, 1.165) is 18.3 Å². The molecule has 0 unspecified atom stereocenters. The van der Waals surface area contributed by atoms with E-state index < -0.39 is 0 Å². The summed E-state index contributed by atoms with van der Waals surface area (Å²) in [7, 11) is 0. The molecule has 1 aromatic carbocycles. The number of aromatic hydroxyl groups is 1. The smallest absolute Gasteiger partial charge is 0.134 e. The van der Waals surface area contributed by atoms with E-state index in [2.05, 4.69) is 45.2 Å². The van der Waals surface area contributed by atoms with Crippen molar-refractivity contribution in [3.63, 3.8) is 0 Å². The Morgan fingerprint density at radius 2 is 2.00 bits per heavy atom. The molecule has 1 heterocycles. The normalized spacial score (nSPS) is 11.9. The fourth-order valence-electron chi connectivity index (χ4n) is 1.45. The molecule has 6 heteroatoms. The van der Waals surface area contributed by atoms with Crippen LogP contribution >= 0.6 is 68.9 Å². The van der Waals surface area contributed by atoms with Crippen molar-refractivity contribution in [1.82, 2.24) is 0 Å². The first-order chi connectivity index (χ1) is 7.59. The van der Waals surface area contributed by atoms with Crippen LogP contribution in [-0.2, 0) is 0 Å². The minimum atomic E-state index is -0.255. The van der Waals surface area contributed by atoms with Crippen molar-refractivity contribution in [2.75, 3.05) is 0 Å². The number of phenolic OH excluding ortho intramolecular Hbond substituents is 1. The van der Waals surface area contributed by atoms with E-state index in [4.69, 9.17) is 5.73 Å². The summed E-state index contributed by atoms with van der Waals surface area (Å²) in [4.78, 5) is 0. The highest BCUT2D eigenvalue weighted by atomic mass is 127. The minimum absolute atomic E-state index is 0. The summed E-state index contributed by atoms with van der Waals surface area (Å²) in [5, 5.41) is 14.0. The van der Waals surface area contributed by atoms with Gasteiger partial charge < -0.3 is 10.8 Å². The fourth-order valence-corrected chi connectivity index (χ4v) is 4.04. The summed E-state index contributed by atoms with van der Waals surface area (Å²) < 4.78 is 1.92. The van der Waals surface area contributed by atoms with Crippen LogP contribution in [0.1, 0.15) is 17.2 Å². The molecule has 0 aliphatic carbocycles. The van der Waals surface area contributed by atoms with Gasteiger partial charge in [-0.3, -0.25) is 0 Å². The van der Waals surface area contributed by atoms with Crippen molar-refractivity contribution >= 4 is 68.9 Å². The number of benzene rings is 1. The second-order valence-electron chi connectivity index (χ2n) is 3.36. The van der Waals surface area contributed by atoms with Gasteiger partial charge in [-0.2, -0.15) is 11.3 Å². The van der Waals surface area contributed by atoms with Crippen molar-refractivity contribution < 1.29 is 5.11 Å². The van der Waals surface area contributed by atoms with Gasteiger partial charge in [0.25, 0.3) is 0 Å². The number of hydrogen-bond acceptors (Lipinski definition) is 3. The predicted octanol–water partition coefficient (Wildman–Crippen LogP) is 4.13. The van der Waals surface area contributed by atoms with E-state index in [1.807, 2.05) is 29.0 Å². The number of hydrogen-bond donors (Lipinski definition) is 2. The predicted molar refractivity (Wildman–Crippen MR) is 91.1 cm³/mol. The Labute approximate surface area is 137 Å². The van der Waals surface area contributed by atoms with Gasteiger partial charge in [0.2, 0.25) is 0 Å². The summed E-state index contributed by atoms with van der Waals surface area (Å²) in [5.41, 5.74) is 7.97. The molecule has 0 aliphatic rings. The van der Waals surface area contributed by atoms with Crippen LogP contribution in [0.2, 0.25) is 0 Å². The van der Waals surface area contributed by atoms with E-state index in [1.54, 1.807) is 11.3 Å². The summed E-state index contributed by atoms with van der Waals surface area (Å²) in [6, 6.07) is 5.59. The van der Waals surface area contributed by atoms with Gasteiger partial charge in [-0.05, 0) is 79.7 Å². The third-order valence-electron chi connectivity index (χ3n) is 2.30. The molecule has 92 valence electrons. The van der Waals surface area contributed by atoms with Crippen LogP contribution in [0.15, 0.2) is 29.0 Å². The number of phenols is 1. The molecule has 2 aromatic rings. The molecule has 0 saturated heterocycles. The van der Waals surface area contributed by atoms with Gasteiger partial charge in [0.15, 0.2) is 0 Å². The maximum absolute atomic E-state index is 10.0. The first-order valence-electron chi connectivity index (χ1n) is 4.55. The van der Waals surface area contributed by atoms with Gasteiger partial charge in [0.1, 0.15) is 5.75 Å². The highest BCUT2D eigenvalue weighted by Crippen LogP contribution is 2.33. The van der Waals surface area contributed by atoms with Crippen LogP contribution in [0.3, 0.4) is 0 Å². The lowest BCUT2D eigenvalue weighted by molar-refractivity contribution is 0.461. The molecule has 0 bridgehead atoms. The lowest BCUT2D eigenvalue weighted by Gasteiger charge is -2.14. The monoisotopic (exact) mass is 493 g/mol. The molecule has 2 rings (SSSR count). The maximum atomic E-state index is 10.0. The molecule has 17 heavy (non-hydrogen) atoms. The fraction of sp³-hybridized carbons (Fsp3) is 0.0909. The average molecular weight is 494 g/mol. The van der Waals surface area contributed by atoms with Crippen molar-refractivity contribution in [1.29, 1.82) is 0 Å². The van der Waals surface area contributed by atoms with Crippen LogP contribution in [0.4, 0.5) is 0 Å². The minimum Gasteiger partial charge on any atom is -0.506 e. The van der Waals surface area contributed by atoms with E-state index >= 15 is 0 Å². The maximum Gasteiger partial charge on any atom is 0.134 e. The van der Waals surface area contributed by atoms with E-state index in [-0.39, 0.29) is 18.4 Å². The molecule has 3 N–H and O–H groups in total. The highest BCUT2D eigenvalue weighted by Gasteiger charge is 2.16. The van der Waals surface area contributed by atoms with Crippen LogP contribution in [0, 0.1) is 7.14 Å². The third kappa shape index (κ3) is 3.46. The van der Waals surface area contributed by atoms with E-state index in [0.29, 0.717) is 5.75 Å². The molecule has 0 fully saturated rings. The molecular formula is C11H10ClI2NOS. The molecule has 1 aromatic heterocycles. The van der Waals surface area contributed by atoms with Crippen molar-refractivity contribution in [2.45, 2.75) is 6.04 Å². The van der Waals surface area contributed by atoms with Crippen molar-refractivity contribution in [2.24, 2.45) is 5.73 Å². The lowest BCUT2D eigenvalue weighted by Crippen LogP contribution is -2.11. The second-order valence-corrected chi connectivity index (χ2v) is 6.55. The van der Waals surface area contributed by atoms with Crippen LogP contribution in [0.25, 0.3) is 0 Å². The van der Waals surface area contributed by atoms with Crippen molar-refractivity contribution in [3.8, 4) is 5.75 Å². The molecule has 0 radical (unpaired) electrons. The van der Waals surface area contributed by atoms with E-state index in [9.17, 15) is 5.11 Å². The van der Waals surface area contributed by atoms with Gasteiger partial charge >= 0.3 is 0 Å². The van der Waals surface area contributed by atoms with Gasteiger partial charge in [-0.1, -0.05) is 0 Å². The number of nitrogens with two attached hydrogens (primary N) is 1. The van der Waals surface area contributed by atoms with Crippen molar-refractivity contribution in [3.05, 3.63) is 47.2 Å². The molecule has 0 amide bonds. The quantitative estimate of drug-likeness (QED) is 0.618. The molecule has 0 spiro atoms. The first-order valence-corrected chi connectivity index (χ1v) is 7.65. The van der Waals surface area contributed by atoms with E-state index in [1.165, 1.54) is 0 Å². The Kier molecular flexibility index (Phi) is 5.97. The molecule has 0 saturated carbocycles. The number of halogens is 3. The Morgan fingerprint density at radius 3 is 2.59 bits per heavy atom. The Balaban J connectivity index is 0.00000144. The summed E-state index contributed by atoms with van der Waals surface area (Å²) in [6.07, 6.45) is 0. The largest absolute Gasteiger partial charge is 0.506 e. The zero-order chi connectivity index (χ0) is 11.7. The zero-order valence-electron chi connectivity index (χ0n) is 8.56. The SMILES string of the molecule is Cl.N[C@H](c1ccsc1)c1cc(I)cc(I)c1O. The summed E-state index contributed by atoms with van der Waals surface area (Å²) in [6.45, 7) is 0. The standard InChI is InChI=1S/C11H9I2NOS.ClH/c12-7-3-8(11(15)9(13)4-7)10(14)6-1-2-16-5-6;/h1-5,10,15H,14H2;1H/t10-;/m1./s1. The van der Waals surface area contributed by atoms with Gasteiger partial charge in [-0.25, -0.2) is 0 Å². The second kappa shape index (κ2) is 6.55. The Bertz CT molecular complexity index is 504.